The molecule has 0 bridgehead atoms. The molecule has 0 atom stereocenters. The van der Waals surface area contributed by atoms with E-state index < -0.39 is 11.7 Å². The molecule has 0 spiro atoms. The smallest absolute Gasteiger partial charge is 0.326 e. The summed E-state index contributed by atoms with van der Waals surface area (Å²) in [6.45, 7) is 16.5. The molecule has 0 unspecified atom stereocenters. The Morgan fingerprint density at radius 2 is 2.00 bits per heavy atom. The number of benzene rings is 1. The number of nitrogens with two attached hydrogens (primary N) is 1. The Balaban J connectivity index is 0.000000619. The number of aliphatic imine (C=N–C) groups is 2. The number of carbonyl (C=O) groups excluding carboxylic acids is 1. The SMILES string of the molecule is C=NC1=C(/C(C)=N\CCl)CN(CCNCC(C)C)C1.CC=O.NCc1cccc(C(F)(F)F)c1. The highest BCUT2D eigenvalue weighted by atomic mass is 35.5. The molecule has 0 fully saturated rings. The molecule has 1 aliphatic heterocycles. The third-order valence-electron chi connectivity index (χ3n) is 4.68. The minimum absolute atomic E-state index is 0.129. The van der Waals surface area contributed by atoms with Gasteiger partial charge < -0.3 is 15.8 Å². The number of alkyl halides is 4. The maximum Gasteiger partial charge on any atom is 0.416 e. The van der Waals surface area contributed by atoms with Gasteiger partial charge in [0.15, 0.2) is 0 Å². The van der Waals surface area contributed by atoms with E-state index in [0.717, 1.165) is 62.6 Å². The van der Waals surface area contributed by atoms with Gasteiger partial charge in [-0.25, -0.2) is 0 Å². The van der Waals surface area contributed by atoms with E-state index in [1.165, 1.54) is 18.6 Å². The molecule has 0 aliphatic carbocycles. The lowest BCUT2D eigenvalue weighted by molar-refractivity contribution is -0.137. The van der Waals surface area contributed by atoms with Crippen LogP contribution in [-0.2, 0) is 17.5 Å². The van der Waals surface area contributed by atoms with Crippen molar-refractivity contribution in [1.29, 1.82) is 0 Å². The van der Waals surface area contributed by atoms with Crippen molar-refractivity contribution in [3.8, 4) is 0 Å². The summed E-state index contributed by atoms with van der Waals surface area (Å²) >= 11 is 5.65. The van der Waals surface area contributed by atoms with Gasteiger partial charge in [-0.2, -0.15) is 13.2 Å². The van der Waals surface area contributed by atoms with Crippen molar-refractivity contribution in [2.24, 2.45) is 21.6 Å². The molecule has 0 saturated carbocycles. The second kappa shape index (κ2) is 17.4. The maximum absolute atomic E-state index is 12.1. The van der Waals surface area contributed by atoms with Crippen LogP contribution in [-0.4, -0.2) is 62.3 Å². The quantitative estimate of drug-likeness (QED) is 0.170. The number of nitrogens with zero attached hydrogens (tertiary/aromatic N) is 3. The van der Waals surface area contributed by atoms with E-state index in [-0.39, 0.29) is 6.54 Å². The zero-order valence-electron chi connectivity index (χ0n) is 20.5. The first-order valence-corrected chi connectivity index (χ1v) is 11.5. The monoisotopic (exact) mass is 503 g/mol. The molecular formula is C24H37ClF3N5O. The van der Waals surface area contributed by atoms with Crippen LogP contribution < -0.4 is 11.1 Å². The molecule has 0 amide bonds. The van der Waals surface area contributed by atoms with Crippen molar-refractivity contribution in [2.75, 3.05) is 38.7 Å². The Morgan fingerprint density at radius 1 is 1.35 bits per heavy atom. The van der Waals surface area contributed by atoms with Crippen LogP contribution in [0, 0.1) is 5.92 Å². The molecule has 1 aliphatic rings. The highest BCUT2D eigenvalue weighted by molar-refractivity contribution is 6.18. The normalized spacial score (nSPS) is 14.4. The van der Waals surface area contributed by atoms with Crippen molar-refractivity contribution >= 4 is 30.3 Å². The Kier molecular flexibility index (Phi) is 16.3. The van der Waals surface area contributed by atoms with Crippen molar-refractivity contribution < 1.29 is 18.0 Å². The molecule has 1 heterocycles. The maximum atomic E-state index is 12.1. The van der Waals surface area contributed by atoms with Gasteiger partial charge in [0.25, 0.3) is 0 Å². The summed E-state index contributed by atoms with van der Waals surface area (Å²) < 4.78 is 36.2. The molecule has 0 radical (unpaired) electrons. The predicted molar refractivity (Wildman–Crippen MR) is 136 cm³/mol. The Morgan fingerprint density at radius 3 is 2.50 bits per heavy atom. The number of carbonyl (C=O) groups is 1. The van der Waals surface area contributed by atoms with Gasteiger partial charge in [0.05, 0.1) is 11.3 Å². The largest absolute Gasteiger partial charge is 0.416 e. The Bertz CT molecular complexity index is 810. The molecule has 34 heavy (non-hydrogen) atoms. The molecule has 0 aromatic heterocycles. The minimum atomic E-state index is -4.27. The predicted octanol–water partition coefficient (Wildman–Crippen LogP) is 4.53. The van der Waals surface area contributed by atoms with E-state index in [1.807, 2.05) is 6.92 Å². The van der Waals surface area contributed by atoms with Gasteiger partial charge in [0, 0.05) is 44.0 Å². The summed E-state index contributed by atoms with van der Waals surface area (Å²) in [7, 11) is 0. The summed E-state index contributed by atoms with van der Waals surface area (Å²) in [5, 5.41) is 3.46. The lowest BCUT2D eigenvalue weighted by Crippen LogP contribution is -2.32. The van der Waals surface area contributed by atoms with Crippen LogP contribution in [0.15, 0.2) is 45.5 Å². The number of nitrogens with one attached hydrogen (secondary N) is 1. The van der Waals surface area contributed by atoms with Crippen LogP contribution in [0.4, 0.5) is 13.2 Å². The van der Waals surface area contributed by atoms with E-state index in [9.17, 15) is 13.2 Å². The van der Waals surface area contributed by atoms with Crippen LogP contribution in [0.1, 0.15) is 38.8 Å². The van der Waals surface area contributed by atoms with E-state index in [2.05, 4.69) is 40.8 Å². The topological polar surface area (TPSA) is 83.1 Å². The van der Waals surface area contributed by atoms with Gasteiger partial charge in [-0.1, -0.05) is 32.0 Å². The number of hydrogen-bond acceptors (Lipinski definition) is 6. The van der Waals surface area contributed by atoms with Gasteiger partial charge in [-0.15, -0.1) is 11.6 Å². The fourth-order valence-corrected chi connectivity index (χ4v) is 3.17. The van der Waals surface area contributed by atoms with E-state index in [0.29, 0.717) is 17.5 Å². The lowest BCUT2D eigenvalue weighted by Gasteiger charge is -2.16. The minimum Gasteiger partial charge on any atom is -0.326 e. The summed E-state index contributed by atoms with van der Waals surface area (Å²) in [5.74, 6) is 0.691. The summed E-state index contributed by atoms with van der Waals surface area (Å²) in [6, 6.07) is 5.30. The van der Waals surface area contributed by atoms with E-state index in [4.69, 9.17) is 22.1 Å². The molecule has 2 rings (SSSR count). The standard InChI is InChI=1S/C14H25ClN4.C8H8F3N.C2H4O/c1-11(2)7-17-5-6-19-8-13(12(3)18-10-15)14(9-19)16-4;9-8(10,11)7-3-1-2-6(4-7)5-12;1-2-3/h11,17H,4-10H2,1-3H3;1-4H,5,12H2;2H,1H3/b18-12-;;. The van der Waals surface area contributed by atoms with E-state index in [1.54, 1.807) is 6.07 Å². The molecule has 10 heteroatoms. The third kappa shape index (κ3) is 13.0. The molecule has 6 nitrogen and oxygen atoms in total. The molecule has 1 aromatic carbocycles. The number of halogens is 4. The molecule has 3 N–H and O–H groups in total. The van der Waals surface area contributed by atoms with Crippen LogP contribution in [0.5, 0.6) is 0 Å². The molecule has 1 aromatic rings. The second-order valence-electron chi connectivity index (χ2n) is 7.89. The first-order chi connectivity index (χ1) is 16.0. The fourth-order valence-electron chi connectivity index (χ4n) is 2.99. The molecular weight excluding hydrogens is 467 g/mol. The third-order valence-corrected chi connectivity index (χ3v) is 4.79. The first kappa shape index (κ1) is 31.9. The highest BCUT2D eigenvalue weighted by Gasteiger charge is 2.30. The van der Waals surface area contributed by atoms with Crippen molar-refractivity contribution in [2.45, 2.75) is 40.4 Å². The number of rotatable bonds is 9. The fraction of sp³-hybridized carbons (Fsp3) is 0.542. The van der Waals surface area contributed by atoms with Gasteiger partial charge in [0.1, 0.15) is 12.3 Å². The number of aldehydes is 1. The molecule has 0 saturated heterocycles. The zero-order chi connectivity index (χ0) is 26.1. The first-order valence-electron chi connectivity index (χ1n) is 11.0. The van der Waals surface area contributed by atoms with Gasteiger partial charge in [-0.05, 0) is 44.7 Å². The highest BCUT2D eigenvalue weighted by Crippen LogP contribution is 2.29. The molecule has 192 valence electrons. The Labute approximate surface area is 206 Å². The average Bonchev–Trinajstić information content (AvgIpc) is 3.21. The summed E-state index contributed by atoms with van der Waals surface area (Å²) in [6.07, 6.45) is -3.52. The summed E-state index contributed by atoms with van der Waals surface area (Å²) in [5.41, 5.74) is 8.24. The average molecular weight is 504 g/mol. The van der Waals surface area contributed by atoms with Crippen molar-refractivity contribution in [3.05, 3.63) is 46.7 Å². The Hall–Kier alpha value is -2.07. The second-order valence-corrected chi connectivity index (χ2v) is 8.13. The lowest BCUT2D eigenvalue weighted by atomic mass is 10.1. The van der Waals surface area contributed by atoms with Crippen LogP contribution in [0.2, 0.25) is 0 Å². The number of hydrogen-bond donors (Lipinski definition) is 2. The van der Waals surface area contributed by atoms with Gasteiger partial charge in [-0.3, -0.25) is 14.9 Å². The zero-order valence-corrected chi connectivity index (χ0v) is 21.2. The van der Waals surface area contributed by atoms with Gasteiger partial charge >= 0.3 is 6.18 Å². The van der Waals surface area contributed by atoms with Gasteiger partial charge in [0.2, 0.25) is 0 Å². The summed E-state index contributed by atoms with van der Waals surface area (Å²) in [4.78, 5) is 19.5. The van der Waals surface area contributed by atoms with Crippen molar-refractivity contribution in [1.82, 2.24) is 10.2 Å². The van der Waals surface area contributed by atoms with Crippen molar-refractivity contribution in [3.63, 3.8) is 0 Å². The van der Waals surface area contributed by atoms with E-state index >= 15 is 0 Å². The van der Waals surface area contributed by atoms with Crippen LogP contribution in [0.25, 0.3) is 0 Å². The van der Waals surface area contributed by atoms with Crippen LogP contribution in [0.3, 0.4) is 0 Å². The van der Waals surface area contributed by atoms with Crippen LogP contribution >= 0.6 is 11.6 Å².